The Morgan fingerprint density at radius 3 is 1.77 bits per heavy atom. The second-order valence-corrected chi connectivity index (χ2v) is 5.06. The zero-order chi connectivity index (χ0) is 16.9. The molecule has 0 bridgehead atoms. The average Bonchev–Trinajstić information content (AvgIpc) is 2.49. The predicted octanol–water partition coefficient (Wildman–Crippen LogP) is 4.24. The number of nitrogens with zero attached hydrogens (tertiary/aromatic N) is 4. The third kappa shape index (κ3) is 4.09. The van der Waals surface area contributed by atoms with Crippen LogP contribution in [0.25, 0.3) is 0 Å². The first-order valence-corrected chi connectivity index (χ1v) is 6.73. The summed E-state index contributed by atoms with van der Waals surface area (Å²) in [7, 11) is 0. The molecular formula is C12H4Cl4FN5. The van der Waals surface area contributed by atoms with Gasteiger partial charge in [-0.05, 0) is 0 Å². The van der Waals surface area contributed by atoms with Gasteiger partial charge in [0.2, 0.25) is 5.95 Å². The molecule has 0 atom stereocenters. The smallest absolute Gasteiger partial charge is 0.233 e. The zero-order valence-electron chi connectivity index (χ0n) is 10.4. The van der Waals surface area contributed by atoms with Crippen molar-refractivity contribution in [1.82, 2.24) is 9.97 Å². The van der Waals surface area contributed by atoms with Crippen molar-refractivity contribution in [3.8, 4) is 12.1 Å². The molecule has 0 radical (unpaired) electrons. The molecule has 0 spiro atoms. The van der Waals surface area contributed by atoms with E-state index >= 15 is 0 Å². The Kier molecular flexibility index (Phi) is 6.61. The fourth-order valence-corrected chi connectivity index (χ4v) is 1.98. The van der Waals surface area contributed by atoms with Gasteiger partial charge in [-0.1, -0.05) is 46.4 Å². The van der Waals surface area contributed by atoms with Crippen molar-refractivity contribution in [1.29, 1.82) is 10.5 Å². The van der Waals surface area contributed by atoms with E-state index < -0.39 is 5.95 Å². The molecule has 22 heavy (non-hydrogen) atoms. The van der Waals surface area contributed by atoms with Gasteiger partial charge in [-0.3, -0.25) is 0 Å². The van der Waals surface area contributed by atoms with Crippen molar-refractivity contribution in [2.75, 3.05) is 5.73 Å². The number of hydrogen-bond donors (Lipinski definition) is 1. The summed E-state index contributed by atoms with van der Waals surface area (Å²) >= 11 is 22.0. The molecule has 0 saturated heterocycles. The number of pyridine rings is 2. The molecule has 5 nitrogen and oxygen atoms in total. The molecule has 2 aromatic rings. The van der Waals surface area contributed by atoms with Crippen LogP contribution in [0.1, 0.15) is 11.1 Å². The Balaban J connectivity index is 0.000000220. The molecule has 10 heteroatoms. The Hall–Kier alpha value is -1.83. The molecule has 0 unspecified atom stereocenters. The summed E-state index contributed by atoms with van der Waals surface area (Å²) in [6, 6.07) is 3.48. The minimum atomic E-state index is -0.882. The van der Waals surface area contributed by atoms with Crippen LogP contribution in [-0.2, 0) is 0 Å². The second kappa shape index (κ2) is 7.98. The highest BCUT2D eigenvalue weighted by atomic mass is 35.5. The van der Waals surface area contributed by atoms with E-state index in [-0.39, 0.29) is 37.0 Å². The van der Waals surface area contributed by atoms with E-state index in [9.17, 15) is 4.39 Å². The van der Waals surface area contributed by atoms with Gasteiger partial charge in [0, 0.05) is 6.20 Å². The third-order valence-corrected chi connectivity index (χ3v) is 3.46. The van der Waals surface area contributed by atoms with Crippen LogP contribution in [0.2, 0.25) is 20.1 Å². The molecule has 2 aromatic heterocycles. The van der Waals surface area contributed by atoms with Crippen LogP contribution in [0, 0.1) is 28.6 Å². The van der Waals surface area contributed by atoms with Gasteiger partial charge in [0.05, 0.1) is 27.4 Å². The first-order chi connectivity index (χ1) is 10.3. The molecule has 0 amide bonds. The monoisotopic (exact) mass is 377 g/mol. The second-order valence-electron chi connectivity index (χ2n) is 3.49. The van der Waals surface area contributed by atoms with Crippen LogP contribution in [0.5, 0.6) is 0 Å². The summed E-state index contributed by atoms with van der Waals surface area (Å²) in [5.74, 6) is -0.764. The van der Waals surface area contributed by atoms with Crippen molar-refractivity contribution in [3.05, 3.63) is 49.6 Å². The summed E-state index contributed by atoms with van der Waals surface area (Å²) in [6.07, 6.45) is 2.34. The molecule has 112 valence electrons. The van der Waals surface area contributed by atoms with E-state index in [1.165, 1.54) is 6.20 Å². The zero-order valence-corrected chi connectivity index (χ0v) is 13.4. The fraction of sp³-hybridized carbons (Fsp3) is 0. The number of nitrogen functional groups attached to an aromatic ring is 1. The maximum atomic E-state index is 12.5. The number of rotatable bonds is 0. The van der Waals surface area contributed by atoms with Crippen molar-refractivity contribution >= 4 is 52.2 Å². The van der Waals surface area contributed by atoms with Gasteiger partial charge < -0.3 is 5.73 Å². The third-order valence-electron chi connectivity index (χ3n) is 2.15. The normalized spacial score (nSPS) is 9.23. The van der Waals surface area contributed by atoms with Gasteiger partial charge in [0.15, 0.2) is 0 Å². The molecule has 0 aliphatic heterocycles. The lowest BCUT2D eigenvalue weighted by Gasteiger charge is -1.99. The summed E-state index contributed by atoms with van der Waals surface area (Å²) in [5.41, 5.74) is 5.40. The minimum Gasteiger partial charge on any atom is -0.382 e. The van der Waals surface area contributed by atoms with Crippen LogP contribution < -0.4 is 5.73 Å². The Bertz CT molecular complexity index is 730. The Morgan fingerprint density at radius 1 is 0.909 bits per heavy atom. The lowest BCUT2D eigenvalue weighted by atomic mass is 10.3. The standard InChI is InChI=1S/C6HCl2FN2.C6H3Cl2N3/c7-4-2-11-6(9)5(8)3(4)1-10;7-4-2-11-6(10)5(8)3(4)1-9/h2H;2H,(H2,10,11). The van der Waals surface area contributed by atoms with E-state index in [4.69, 9.17) is 62.7 Å². The summed E-state index contributed by atoms with van der Waals surface area (Å²) in [6.45, 7) is 0. The SMILES string of the molecule is N#Cc1c(Cl)cnc(F)c1Cl.N#Cc1c(Cl)cnc(N)c1Cl. The first kappa shape index (κ1) is 18.2. The molecule has 0 aliphatic carbocycles. The van der Waals surface area contributed by atoms with E-state index in [0.29, 0.717) is 0 Å². The summed E-state index contributed by atoms with van der Waals surface area (Å²) in [4.78, 5) is 6.85. The quantitative estimate of drug-likeness (QED) is 0.691. The largest absolute Gasteiger partial charge is 0.382 e. The molecule has 0 fully saturated rings. The van der Waals surface area contributed by atoms with Gasteiger partial charge in [0.1, 0.15) is 28.0 Å². The molecule has 2 N–H and O–H groups in total. The molecule has 0 saturated carbocycles. The van der Waals surface area contributed by atoms with Gasteiger partial charge >= 0.3 is 0 Å². The first-order valence-electron chi connectivity index (χ1n) is 5.22. The van der Waals surface area contributed by atoms with Gasteiger partial charge in [-0.25, -0.2) is 9.97 Å². The lowest BCUT2D eigenvalue weighted by Crippen LogP contribution is -1.93. The van der Waals surface area contributed by atoms with Crippen LogP contribution >= 0.6 is 46.4 Å². The van der Waals surface area contributed by atoms with Gasteiger partial charge in [0.25, 0.3) is 0 Å². The number of aromatic nitrogens is 2. The average molecular weight is 379 g/mol. The molecule has 2 rings (SSSR count). The minimum absolute atomic E-state index is 0.0545. The summed E-state index contributed by atoms with van der Waals surface area (Å²) < 4.78 is 12.5. The van der Waals surface area contributed by atoms with Crippen molar-refractivity contribution in [2.24, 2.45) is 0 Å². The van der Waals surface area contributed by atoms with Crippen molar-refractivity contribution < 1.29 is 4.39 Å². The topological polar surface area (TPSA) is 99.4 Å². The Morgan fingerprint density at radius 2 is 1.36 bits per heavy atom. The highest BCUT2D eigenvalue weighted by molar-refractivity contribution is 6.38. The lowest BCUT2D eigenvalue weighted by molar-refractivity contribution is 0.584. The number of anilines is 1. The molecule has 2 heterocycles. The van der Waals surface area contributed by atoms with E-state index in [0.717, 1.165) is 6.20 Å². The maximum Gasteiger partial charge on any atom is 0.233 e. The van der Waals surface area contributed by atoms with E-state index in [1.807, 2.05) is 6.07 Å². The highest BCUT2D eigenvalue weighted by Crippen LogP contribution is 2.26. The molecular weight excluding hydrogens is 375 g/mol. The van der Waals surface area contributed by atoms with Crippen LogP contribution in [0.4, 0.5) is 10.2 Å². The van der Waals surface area contributed by atoms with E-state index in [2.05, 4.69) is 9.97 Å². The van der Waals surface area contributed by atoms with E-state index in [1.54, 1.807) is 6.07 Å². The number of nitriles is 2. The number of nitrogens with two attached hydrogens (primary N) is 1. The van der Waals surface area contributed by atoms with Gasteiger partial charge in [-0.2, -0.15) is 14.9 Å². The van der Waals surface area contributed by atoms with Crippen molar-refractivity contribution in [2.45, 2.75) is 0 Å². The fourth-order valence-electron chi connectivity index (χ4n) is 1.13. The van der Waals surface area contributed by atoms with Crippen LogP contribution in [0.15, 0.2) is 12.4 Å². The van der Waals surface area contributed by atoms with Crippen molar-refractivity contribution in [3.63, 3.8) is 0 Å². The summed E-state index contributed by atoms with van der Waals surface area (Å²) in [5, 5.41) is 17.0. The van der Waals surface area contributed by atoms with Crippen LogP contribution in [0.3, 0.4) is 0 Å². The number of hydrogen-bond acceptors (Lipinski definition) is 5. The highest BCUT2D eigenvalue weighted by Gasteiger charge is 2.10. The number of halogens is 5. The maximum absolute atomic E-state index is 12.5. The Labute approximate surface area is 144 Å². The van der Waals surface area contributed by atoms with Gasteiger partial charge in [-0.15, -0.1) is 0 Å². The van der Waals surface area contributed by atoms with Crippen LogP contribution in [-0.4, -0.2) is 9.97 Å². The molecule has 0 aliphatic rings. The predicted molar refractivity (Wildman–Crippen MR) is 82.3 cm³/mol. The molecule has 0 aromatic carbocycles.